The number of hydrogen-bond donors (Lipinski definition) is 1. The normalized spacial score (nSPS) is 15.3. The molecule has 0 radical (unpaired) electrons. The minimum absolute atomic E-state index is 0.277. The number of aryl methyl sites for hydroxylation is 3. The van der Waals surface area contributed by atoms with Crippen molar-refractivity contribution in [2.24, 2.45) is 0 Å². The summed E-state index contributed by atoms with van der Waals surface area (Å²) in [5, 5.41) is 2.70. The van der Waals surface area contributed by atoms with Crippen LogP contribution in [0, 0.1) is 27.7 Å². The molecule has 1 saturated heterocycles. The SMILES string of the molecule is Cc1ccc(-n2c(C)cc(/C=C3/NC(=O)N(c4ccccc4)C3=O)c2C)cc1C. The molecule has 2 aromatic carbocycles. The van der Waals surface area contributed by atoms with Gasteiger partial charge in [-0.1, -0.05) is 24.3 Å². The van der Waals surface area contributed by atoms with Crippen molar-refractivity contribution in [3.05, 3.63) is 88.4 Å². The molecule has 0 atom stereocenters. The molecule has 3 amide bonds. The van der Waals surface area contributed by atoms with Crippen LogP contribution in [-0.2, 0) is 4.79 Å². The molecule has 4 rings (SSSR count). The van der Waals surface area contributed by atoms with Crippen molar-refractivity contribution in [1.82, 2.24) is 9.88 Å². The van der Waals surface area contributed by atoms with Gasteiger partial charge in [-0.2, -0.15) is 0 Å². The van der Waals surface area contributed by atoms with Gasteiger partial charge < -0.3 is 9.88 Å². The predicted molar refractivity (Wildman–Crippen MR) is 115 cm³/mol. The number of benzene rings is 2. The van der Waals surface area contributed by atoms with E-state index < -0.39 is 6.03 Å². The minimum Gasteiger partial charge on any atom is -0.318 e. The monoisotopic (exact) mass is 385 g/mol. The Morgan fingerprint density at radius 3 is 2.24 bits per heavy atom. The number of para-hydroxylation sites is 1. The molecule has 0 spiro atoms. The summed E-state index contributed by atoms with van der Waals surface area (Å²) in [5.41, 5.74) is 7.37. The third-order valence-corrected chi connectivity index (χ3v) is 5.41. The number of hydrogen-bond acceptors (Lipinski definition) is 2. The van der Waals surface area contributed by atoms with E-state index >= 15 is 0 Å². The standard InChI is InChI=1S/C24H23N3O2/c1-15-10-11-21(12-16(15)2)26-17(3)13-19(18(26)4)14-22-23(28)27(24(29)25-22)20-8-6-5-7-9-20/h5-14H,1-4H3,(H,25,29)/b22-14+. The van der Waals surface area contributed by atoms with Gasteiger partial charge in [-0.25, -0.2) is 9.69 Å². The summed E-state index contributed by atoms with van der Waals surface area (Å²) in [6, 6.07) is 16.9. The number of carbonyl (C=O) groups excluding carboxylic acids is 2. The van der Waals surface area contributed by atoms with Gasteiger partial charge >= 0.3 is 6.03 Å². The molecular formula is C24H23N3O2. The van der Waals surface area contributed by atoms with Crippen LogP contribution in [0.15, 0.2) is 60.3 Å². The molecule has 1 fully saturated rings. The molecule has 1 N–H and O–H groups in total. The third-order valence-electron chi connectivity index (χ3n) is 5.41. The van der Waals surface area contributed by atoms with Gasteiger partial charge in [-0.15, -0.1) is 0 Å². The van der Waals surface area contributed by atoms with Gasteiger partial charge in [0, 0.05) is 17.1 Å². The fourth-order valence-electron chi connectivity index (χ4n) is 3.70. The van der Waals surface area contributed by atoms with Gasteiger partial charge in [0.1, 0.15) is 5.70 Å². The first kappa shape index (κ1) is 18.7. The zero-order chi connectivity index (χ0) is 20.7. The molecule has 5 nitrogen and oxygen atoms in total. The first-order valence-electron chi connectivity index (χ1n) is 9.55. The van der Waals surface area contributed by atoms with Crippen molar-refractivity contribution >= 4 is 23.7 Å². The van der Waals surface area contributed by atoms with Crippen molar-refractivity contribution in [3.63, 3.8) is 0 Å². The van der Waals surface area contributed by atoms with Crippen LogP contribution < -0.4 is 10.2 Å². The van der Waals surface area contributed by atoms with E-state index in [0.717, 1.165) is 27.5 Å². The highest BCUT2D eigenvalue weighted by Gasteiger charge is 2.34. The number of aromatic nitrogens is 1. The maximum absolute atomic E-state index is 12.8. The Bertz CT molecular complexity index is 1160. The lowest BCUT2D eigenvalue weighted by Gasteiger charge is -2.12. The van der Waals surface area contributed by atoms with E-state index in [1.165, 1.54) is 11.1 Å². The summed E-state index contributed by atoms with van der Waals surface area (Å²) in [6.45, 7) is 8.25. The molecule has 0 saturated carbocycles. The van der Waals surface area contributed by atoms with E-state index in [9.17, 15) is 9.59 Å². The van der Waals surface area contributed by atoms with Crippen LogP contribution in [0.25, 0.3) is 11.8 Å². The molecule has 29 heavy (non-hydrogen) atoms. The quantitative estimate of drug-likeness (QED) is 0.520. The Labute approximate surface area is 170 Å². The number of amides is 3. The second-order valence-corrected chi connectivity index (χ2v) is 7.39. The highest BCUT2D eigenvalue weighted by atomic mass is 16.2. The summed E-state index contributed by atoms with van der Waals surface area (Å²) in [6.07, 6.45) is 1.75. The lowest BCUT2D eigenvalue weighted by Crippen LogP contribution is -2.30. The largest absolute Gasteiger partial charge is 0.333 e. The third kappa shape index (κ3) is 3.25. The van der Waals surface area contributed by atoms with Gasteiger partial charge in [0.2, 0.25) is 0 Å². The fourth-order valence-corrected chi connectivity index (χ4v) is 3.70. The van der Waals surface area contributed by atoms with Crippen molar-refractivity contribution in [3.8, 4) is 5.69 Å². The van der Waals surface area contributed by atoms with E-state index in [0.29, 0.717) is 5.69 Å². The van der Waals surface area contributed by atoms with Gasteiger partial charge in [0.25, 0.3) is 5.91 Å². The molecule has 146 valence electrons. The van der Waals surface area contributed by atoms with E-state index in [1.54, 1.807) is 30.3 Å². The lowest BCUT2D eigenvalue weighted by atomic mass is 10.1. The molecule has 1 aromatic heterocycles. The number of nitrogens with one attached hydrogen (secondary N) is 1. The topological polar surface area (TPSA) is 54.3 Å². The van der Waals surface area contributed by atoms with Gasteiger partial charge in [0.15, 0.2) is 0 Å². The second kappa shape index (κ2) is 7.09. The Balaban J connectivity index is 1.71. The molecule has 0 aliphatic carbocycles. The van der Waals surface area contributed by atoms with Crippen molar-refractivity contribution in [2.75, 3.05) is 4.90 Å². The Hall–Kier alpha value is -3.60. The maximum atomic E-state index is 12.8. The highest BCUT2D eigenvalue weighted by Crippen LogP contribution is 2.26. The predicted octanol–water partition coefficient (Wildman–Crippen LogP) is 4.81. The van der Waals surface area contributed by atoms with E-state index in [1.807, 2.05) is 26.0 Å². The number of nitrogens with zero attached hydrogens (tertiary/aromatic N) is 2. The number of imide groups is 1. The molecule has 0 bridgehead atoms. The summed E-state index contributed by atoms with van der Waals surface area (Å²) in [4.78, 5) is 26.4. The average Bonchev–Trinajstić information content (AvgIpc) is 3.13. The van der Waals surface area contributed by atoms with Gasteiger partial charge in [0.05, 0.1) is 5.69 Å². The van der Waals surface area contributed by atoms with E-state index in [4.69, 9.17) is 0 Å². The summed E-state index contributed by atoms with van der Waals surface area (Å²) in [5.74, 6) is -0.350. The first-order chi connectivity index (χ1) is 13.9. The zero-order valence-corrected chi connectivity index (χ0v) is 17.0. The molecule has 3 aromatic rings. The number of carbonyl (C=O) groups is 2. The number of anilines is 1. The minimum atomic E-state index is -0.435. The zero-order valence-electron chi connectivity index (χ0n) is 17.0. The molecule has 2 heterocycles. The second-order valence-electron chi connectivity index (χ2n) is 7.39. The van der Waals surface area contributed by atoms with Crippen molar-refractivity contribution < 1.29 is 9.59 Å². The summed E-state index contributed by atoms with van der Waals surface area (Å²) in [7, 11) is 0. The van der Waals surface area contributed by atoms with Crippen LogP contribution in [0.3, 0.4) is 0 Å². The van der Waals surface area contributed by atoms with Gasteiger partial charge in [-0.3, -0.25) is 4.79 Å². The van der Waals surface area contributed by atoms with E-state index in [-0.39, 0.29) is 11.6 Å². The van der Waals surface area contributed by atoms with Crippen LogP contribution in [0.2, 0.25) is 0 Å². The molecule has 1 aliphatic heterocycles. The number of urea groups is 1. The van der Waals surface area contributed by atoms with Crippen LogP contribution >= 0.6 is 0 Å². The summed E-state index contributed by atoms with van der Waals surface area (Å²) < 4.78 is 2.16. The average molecular weight is 385 g/mol. The van der Waals surface area contributed by atoms with Crippen LogP contribution in [0.1, 0.15) is 28.1 Å². The smallest absolute Gasteiger partial charge is 0.318 e. The lowest BCUT2D eigenvalue weighted by molar-refractivity contribution is -0.113. The molecule has 5 heteroatoms. The molecule has 0 unspecified atom stereocenters. The van der Waals surface area contributed by atoms with E-state index in [2.05, 4.69) is 41.9 Å². The van der Waals surface area contributed by atoms with Crippen LogP contribution in [-0.4, -0.2) is 16.5 Å². The van der Waals surface area contributed by atoms with Crippen molar-refractivity contribution in [1.29, 1.82) is 0 Å². The fraction of sp³-hybridized carbons (Fsp3) is 0.167. The molecular weight excluding hydrogens is 362 g/mol. The first-order valence-corrected chi connectivity index (χ1v) is 9.55. The Morgan fingerprint density at radius 2 is 1.55 bits per heavy atom. The summed E-state index contributed by atoms with van der Waals surface area (Å²) >= 11 is 0. The Morgan fingerprint density at radius 1 is 0.828 bits per heavy atom. The highest BCUT2D eigenvalue weighted by molar-refractivity contribution is 6.28. The molecule has 1 aliphatic rings. The number of rotatable bonds is 3. The van der Waals surface area contributed by atoms with Crippen LogP contribution in [0.5, 0.6) is 0 Å². The van der Waals surface area contributed by atoms with Crippen LogP contribution in [0.4, 0.5) is 10.5 Å². The van der Waals surface area contributed by atoms with Gasteiger partial charge in [-0.05, 0) is 80.8 Å². The maximum Gasteiger partial charge on any atom is 0.333 e. The Kier molecular flexibility index (Phi) is 4.59. The van der Waals surface area contributed by atoms with Crippen molar-refractivity contribution in [2.45, 2.75) is 27.7 Å².